The molecule has 0 saturated heterocycles. The number of esters is 1. The van der Waals surface area contributed by atoms with E-state index in [1.165, 1.54) is 24.3 Å². The van der Waals surface area contributed by atoms with Gasteiger partial charge >= 0.3 is 23.0 Å². The van der Waals surface area contributed by atoms with Crippen LogP contribution in [0.25, 0.3) is 5.69 Å². The Morgan fingerprint density at radius 2 is 1.84 bits per heavy atom. The summed E-state index contributed by atoms with van der Waals surface area (Å²) in [5.41, 5.74) is -4.90. The van der Waals surface area contributed by atoms with Gasteiger partial charge in [-0.1, -0.05) is 23.2 Å². The molecule has 166 valence electrons. The van der Waals surface area contributed by atoms with Crippen LogP contribution in [0.4, 0.5) is 5.69 Å². The zero-order chi connectivity index (χ0) is 23.6. The topological polar surface area (TPSA) is 156 Å². The fourth-order valence-electron chi connectivity index (χ4n) is 2.64. The van der Waals surface area contributed by atoms with Gasteiger partial charge in [-0.2, -0.15) is 0 Å². The second-order valence-corrected chi connectivity index (χ2v) is 6.94. The fraction of sp³-hybridized carbons (Fsp3) is 0.111. The number of aromatic nitrogens is 3. The minimum Gasteiger partial charge on any atom is -0.468 e. The van der Waals surface area contributed by atoms with E-state index in [9.17, 15) is 29.3 Å². The van der Waals surface area contributed by atoms with Crippen LogP contribution in [0.3, 0.4) is 0 Å². The lowest BCUT2D eigenvalue weighted by Gasteiger charge is -2.12. The van der Waals surface area contributed by atoms with Crippen molar-refractivity contribution >= 4 is 34.9 Å². The van der Waals surface area contributed by atoms with E-state index >= 15 is 0 Å². The van der Waals surface area contributed by atoms with E-state index < -0.39 is 45.9 Å². The third-order valence-corrected chi connectivity index (χ3v) is 4.64. The van der Waals surface area contributed by atoms with Crippen molar-refractivity contribution in [3.05, 3.63) is 88.0 Å². The van der Waals surface area contributed by atoms with Gasteiger partial charge in [0.05, 0.1) is 17.1 Å². The van der Waals surface area contributed by atoms with Crippen LogP contribution in [-0.4, -0.2) is 32.1 Å². The van der Waals surface area contributed by atoms with Crippen LogP contribution in [0.15, 0.2) is 50.8 Å². The van der Waals surface area contributed by atoms with Crippen molar-refractivity contribution in [2.24, 2.45) is 0 Å². The number of benzene rings is 2. The summed E-state index contributed by atoms with van der Waals surface area (Å²) in [6.07, 6.45) is 0. The highest BCUT2D eigenvalue weighted by atomic mass is 35.5. The summed E-state index contributed by atoms with van der Waals surface area (Å²) in [6.45, 7) is -0.824. The molecule has 3 rings (SSSR count). The first-order chi connectivity index (χ1) is 15.1. The molecule has 0 aliphatic heterocycles. The second-order valence-electron chi connectivity index (χ2n) is 6.10. The van der Waals surface area contributed by atoms with Crippen LogP contribution in [0, 0.1) is 10.1 Å². The molecule has 1 heterocycles. The van der Waals surface area contributed by atoms with E-state index in [-0.39, 0.29) is 16.5 Å². The number of rotatable bonds is 6. The third kappa shape index (κ3) is 4.55. The average molecular weight is 483 g/mol. The van der Waals surface area contributed by atoms with Gasteiger partial charge in [-0.15, -0.1) is 0 Å². The highest BCUT2D eigenvalue weighted by Gasteiger charge is 2.23. The van der Waals surface area contributed by atoms with Gasteiger partial charge < -0.3 is 9.47 Å². The fourth-order valence-corrected chi connectivity index (χ4v) is 3.09. The van der Waals surface area contributed by atoms with Gasteiger partial charge in [-0.25, -0.2) is 23.5 Å². The Morgan fingerprint density at radius 3 is 2.47 bits per heavy atom. The van der Waals surface area contributed by atoms with Crippen LogP contribution in [0.2, 0.25) is 10.0 Å². The lowest BCUT2D eigenvalue weighted by atomic mass is 10.2. The standard InChI is InChI=1S/C18H12Cl2N4O8/c1-31-15(25)8-22-16(26)21-17(27)23(18(22)28)13-7-10(3-4-12(13)24(29)30)32-14-5-2-9(19)6-11(14)20/h2-7H,8H2,1H3,(H,21,26,27). The van der Waals surface area contributed by atoms with E-state index in [1.54, 1.807) is 0 Å². The van der Waals surface area contributed by atoms with Crippen molar-refractivity contribution in [3.8, 4) is 17.2 Å². The van der Waals surface area contributed by atoms with Gasteiger partial charge in [0.1, 0.15) is 23.7 Å². The Morgan fingerprint density at radius 1 is 1.12 bits per heavy atom. The largest absolute Gasteiger partial charge is 0.468 e. The second kappa shape index (κ2) is 9.08. The van der Waals surface area contributed by atoms with Gasteiger partial charge in [0.25, 0.3) is 5.69 Å². The lowest BCUT2D eigenvalue weighted by molar-refractivity contribution is -0.384. The molecule has 0 amide bonds. The van der Waals surface area contributed by atoms with Crippen molar-refractivity contribution in [1.82, 2.24) is 14.1 Å². The number of nitrogens with one attached hydrogen (secondary N) is 1. The molecule has 1 aromatic heterocycles. The van der Waals surface area contributed by atoms with Crippen LogP contribution < -0.4 is 21.8 Å². The molecule has 0 radical (unpaired) electrons. The number of halogens is 2. The van der Waals surface area contributed by atoms with E-state index in [0.717, 1.165) is 19.2 Å². The van der Waals surface area contributed by atoms with Crippen molar-refractivity contribution in [3.63, 3.8) is 0 Å². The number of nitro benzene ring substituents is 1. The lowest BCUT2D eigenvalue weighted by Crippen LogP contribution is -2.49. The summed E-state index contributed by atoms with van der Waals surface area (Å²) in [5.74, 6) is -0.827. The molecule has 0 saturated carbocycles. The molecule has 0 aliphatic carbocycles. The Bertz CT molecular complexity index is 1410. The molecule has 0 bridgehead atoms. The van der Waals surface area contributed by atoms with Crippen molar-refractivity contribution in [1.29, 1.82) is 0 Å². The van der Waals surface area contributed by atoms with Gasteiger partial charge in [-0.3, -0.25) is 19.9 Å². The molecular weight excluding hydrogens is 471 g/mol. The quantitative estimate of drug-likeness (QED) is 0.317. The predicted octanol–water partition coefficient (Wildman–Crippen LogP) is 1.87. The molecule has 0 fully saturated rings. The van der Waals surface area contributed by atoms with E-state index in [0.29, 0.717) is 14.2 Å². The highest BCUT2D eigenvalue weighted by Crippen LogP contribution is 2.34. The summed E-state index contributed by atoms with van der Waals surface area (Å²) in [4.78, 5) is 61.2. The first-order valence-corrected chi connectivity index (χ1v) is 9.32. The van der Waals surface area contributed by atoms with E-state index in [4.69, 9.17) is 27.9 Å². The Labute approximate surface area is 187 Å². The third-order valence-electron chi connectivity index (χ3n) is 4.11. The Balaban J connectivity index is 2.21. The molecular formula is C18H12Cl2N4O8. The van der Waals surface area contributed by atoms with Gasteiger partial charge in [0.2, 0.25) is 0 Å². The summed E-state index contributed by atoms with van der Waals surface area (Å²) < 4.78 is 10.7. The molecule has 2 aromatic carbocycles. The first-order valence-electron chi connectivity index (χ1n) is 8.57. The maximum Gasteiger partial charge on any atom is 0.341 e. The number of nitrogens with zero attached hydrogens (tertiary/aromatic N) is 3. The smallest absolute Gasteiger partial charge is 0.341 e. The highest BCUT2D eigenvalue weighted by molar-refractivity contribution is 6.35. The van der Waals surface area contributed by atoms with Crippen molar-refractivity contribution in [2.45, 2.75) is 6.54 Å². The van der Waals surface area contributed by atoms with Crippen molar-refractivity contribution in [2.75, 3.05) is 7.11 Å². The number of hydrogen-bond donors (Lipinski definition) is 1. The monoisotopic (exact) mass is 482 g/mol. The number of H-pyrrole nitrogens is 1. The molecule has 1 N–H and O–H groups in total. The summed E-state index contributed by atoms with van der Waals surface area (Å²) in [5, 5.41) is 12.0. The molecule has 32 heavy (non-hydrogen) atoms. The SMILES string of the molecule is COC(=O)Cn1c(=O)[nH]c(=O)n(-c2cc(Oc3ccc(Cl)cc3Cl)ccc2[N+](=O)[O-])c1=O. The molecule has 0 atom stereocenters. The van der Waals surface area contributed by atoms with Gasteiger partial charge in [0, 0.05) is 17.2 Å². The number of aromatic amines is 1. The van der Waals surface area contributed by atoms with Crippen LogP contribution >= 0.6 is 23.2 Å². The predicted molar refractivity (Wildman–Crippen MR) is 112 cm³/mol. The molecule has 12 nitrogen and oxygen atoms in total. The minimum atomic E-state index is -1.30. The number of carbonyl (C=O) groups is 1. The van der Waals surface area contributed by atoms with Crippen LogP contribution in [0.1, 0.15) is 0 Å². The maximum absolute atomic E-state index is 12.8. The number of methoxy groups -OCH3 is 1. The van der Waals surface area contributed by atoms with E-state index in [2.05, 4.69) is 4.74 Å². The van der Waals surface area contributed by atoms with Crippen molar-refractivity contribution < 1.29 is 19.2 Å². The summed E-state index contributed by atoms with van der Waals surface area (Å²) in [6, 6.07) is 7.59. The zero-order valence-electron chi connectivity index (χ0n) is 16.0. The number of hydrogen-bond acceptors (Lipinski definition) is 8. The molecule has 0 unspecified atom stereocenters. The average Bonchev–Trinajstić information content (AvgIpc) is 2.72. The van der Waals surface area contributed by atoms with Gasteiger partial charge in [0.15, 0.2) is 0 Å². The Hall–Kier alpha value is -3.90. The number of nitro groups is 1. The summed E-state index contributed by atoms with van der Waals surface area (Å²) in [7, 11) is 1.03. The minimum absolute atomic E-state index is 0.0214. The zero-order valence-corrected chi connectivity index (χ0v) is 17.5. The number of carbonyl (C=O) groups excluding carboxylic acids is 1. The molecule has 0 spiro atoms. The number of ether oxygens (including phenoxy) is 2. The normalized spacial score (nSPS) is 10.6. The van der Waals surface area contributed by atoms with E-state index in [1.807, 2.05) is 4.98 Å². The van der Waals surface area contributed by atoms with Crippen LogP contribution in [0.5, 0.6) is 11.5 Å². The first kappa shape index (κ1) is 22.8. The summed E-state index contributed by atoms with van der Waals surface area (Å²) >= 11 is 11.9. The van der Waals surface area contributed by atoms with Gasteiger partial charge in [-0.05, 0) is 24.3 Å². The van der Waals surface area contributed by atoms with Crippen LogP contribution in [-0.2, 0) is 16.1 Å². The molecule has 14 heteroatoms. The molecule has 0 aliphatic rings. The Kier molecular flexibility index (Phi) is 6.46. The maximum atomic E-state index is 12.8. The molecule has 3 aromatic rings.